The third-order valence-corrected chi connectivity index (χ3v) is 2.14. The summed E-state index contributed by atoms with van der Waals surface area (Å²) in [4.78, 5) is 0. The molecule has 1 aliphatic heterocycles. The minimum absolute atomic E-state index is 0. The Morgan fingerprint density at radius 1 is 1.62 bits per heavy atom. The minimum Gasteiger partial charge on any atom is -0.465 e. The zero-order chi connectivity index (χ0) is 8.60. The second-order valence-corrected chi connectivity index (χ2v) is 3.37. The molecule has 1 fully saturated rings. The molecule has 2 atom stereocenters. The van der Waals surface area contributed by atoms with Crippen LogP contribution in [0.2, 0.25) is 0 Å². The van der Waals surface area contributed by atoms with Crippen molar-refractivity contribution in [3.05, 3.63) is 24.2 Å². The normalized spacial score (nSPS) is 32.9. The second-order valence-electron chi connectivity index (χ2n) is 3.37. The second kappa shape index (κ2) is 3.70. The van der Waals surface area contributed by atoms with E-state index in [2.05, 4.69) is 12.2 Å². The van der Waals surface area contributed by atoms with Crippen LogP contribution in [0.4, 0.5) is 0 Å². The van der Waals surface area contributed by atoms with E-state index in [9.17, 15) is 0 Å². The van der Waals surface area contributed by atoms with Gasteiger partial charge in [-0.25, -0.2) is 0 Å². The summed E-state index contributed by atoms with van der Waals surface area (Å²) in [5, 5.41) is 3.32. The number of hydrogen-bond acceptors (Lipinski definition) is 3. The van der Waals surface area contributed by atoms with Gasteiger partial charge in [-0.2, -0.15) is 0 Å². The highest BCUT2D eigenvalue weighted by atomic mass is 35.5. The molecule has 0 radical (unpaired) electrons. The molecule has 74 valence electrons. The monoisotopic (exact) mass is 203 g/mol. The summed E-state index contributed by atoms with van der Waals surface area (Å²) in [6.45, 7) is 4.81. The van der Waals surface area contributed by atoms with Crippen molar-refractivity contribution in [2.45, 2.75) is 25.6 Å². The Morgan fingerprint density at radius 3 is 2.85 bits per heavy atom. The molecule has 0 spiro atoms. The molecule has 1 saturated heterocycles. The Labute approximate surface area is 83.9 Å². The SMILES string of the molecule is CC1COC(C)(c2ccco2)N1.Cl. The van der Waals surface area contributed by atoms with Crippen molar-refractivity contribution in [2.75, 3.05) is 6.61 Å². The Hall–Kier alpha value is -0.510. The molecule has 2 unspecified atom stereocenters. The molecule has 1 aliphatic rings. The van der Waals surface area contributed by atoms with Gasteiger partial charge in [0.05, 0.1) is 12.9 Å². The van der Waals surface area contributed by atoms with Gasteiger partial charge in [0.1, 0.15) is 5.76 Å². The molecule has 1 aromatic rings. The predicted octanol–water partition coefficient (Wildman–Crippen LogP) is 1.88. The van der Waals surface area contributed by atoms with Crippen molar-refractivity contribution in [2.24, 2.45) is 0 Å². The molecule has 2 rings (SSSR count). The molecule has 1 N–H and O–H groups in total. The number of nitrogens with one attached hydrogen (secondary N) is 1. The lowest BCUT2D eigenvalue weighted by Crippen LogP contribution is -2.37. The maximum Gasteiger partial charge on any atom is 0.175 e. The van der Waals surface area contributed by atoms with E-state index in [0.717, 1.165) is 12.4 Å². The van der Waals surface area contributed by atoms with Crippen LogP contribution in [-0.4, -0.2) is 12.6 Å². The average Bonchev–Trinajstić information content (AvgIpc) is 2.59. The van der Waals surface area contributed by atoms with Crippen molar-refractivity contribution in [1.29, 1.82) is 0 Å². The molecule has 0 amide bonds. The summed E-state index contributed by atoms with van der Waals surface area (Å²) in [6.07, 6.45) is 1.66. The Kier molecular flexibility index (Phi) is 3.01. The van der Waals surface area contributed by atoms with Crippen molar-refractivity contribution in [3.8, 4) is 0 Å². The van der Waals surface area contributed by atoms with Crippen LogP contribution in [0.3, 0.4) is 0 Å². The zero-order valence-electron chi connectivity index (χ0n) is 7.74. The lowest BCUT2D eigenvalue weighted by Gasteiger charge is -2.20. The van der Waals surface area contributed by atoms with Crippen molar-refractivity contribution < 1.29 is 9.15 Å². The molecule has 13 heavy (non-hydrogen) atoms. The fourth-order valence-corrected chi connectivity index (χ4v) is 1.54. The summed E-state index contributed by atoms with van der Waals surface area (Å²) >= 11 is 0. The van der Waals surface area contributed by atoms with Gasteiger partial charge in [0.2, 0.25) is 0 Å². The van der Waals surface area contributed by atoms with Crippen molar-refractivity contribution >= 4 is 12.4 Å². The average molecular weight is 204 g/mol. The maximum atomic E-state index is 5.59. The van der Waals surface area contributed by atoms with E-state index in [1.807, 2.05) is 19.1 Å². The lowest BCUT2D eigenvalue weighted by atomic mass is 10.2. The van der Waals surface area contributed by atoms with Crippen LogP contribution in [0, 0.1) is 0 Å². The van der Waals surface area contributed by atoms with E-state index in [1.54, 1.807) is 6.26 Å². The van der Waals surface area contributed by atoms with Gasteiger partial charge in [-0.3, -0.25) is 5.32 Å². The molecule has 3 nitrogen and oxygen atoms in total. The van der Waals surface area contributed by atoms with E-state index < -0.39 is 5.72 Å². The first-order valence-corrected chi connectivity index (χ1v) is 4.16. The smallest absolute Gasteiger partial charge is 0.175 e. The lowest BCUT2D eigenvalue weighted by molar-refractivity contribution is -0.0153. The Morgan fingerprint density at radius 2 is 2.38 bits per heavy atom. The van der Waals surface area contributed by atoms with E-state index in [4.69, 9.17) is 9.15 Å². The number of hydrogen-bond donors (Lipinski definition) is 1. The van der Waals surface area contributed by atoms with E-state index in [1.165, 1.54) is 0 Å². The van der Waals surface area contributed by atoms with Crippen molar-refractivity contribution in [1.82, 2.24) is 5.32 Å². The van der Waals surface area contributed by atoms with E-state index in [-0.39, 0.29) is 12.4 Å². The summed E-state index contributed by atoms with van der Waals surface area (Å²) in [7, 11) is 0. The quantitative estimate of drug-likeness (QED) is 0.757. The van der Waals surface area contributed by atoms with Crippen molar-refractivity contribution in [3.63, 3.8) is 0 Å². The Balaban J connectivity index is 0.000000845. The first-order valence-electron chi connectivity index (χ1n) is 4.16. The standard InChI is InChI=1S/C9H13NO2.ClH/c1-7-6-12-9(2,10-7)8-4-3-5-11-8;/h3-5,7,10H,6H2,1-2H3;1H. The highest BCUT2D eigenvalue weighted by molar-refractivity contribution is 5.85. The van der Waals surface area contributed by atoms with Crippen LogP contribution in [0.15, 0.2) is 22.8 Å². The molecular weight excluding hydrogens is 190 g/mol. The van der Waals surface area contributed by atoms with Gasteiger partial charge in [-0.1, -0.05) is 0 Å². The molecule has 0 aromatic carbocycles. The zero-order valence-corrected chi connectivity index (χ0v) is 8.56. The van der Waals surface area contributed by atoms with E-state index >= 15 is 0 Å². The number of furan rings is 1. The van der Waals surface area contributed by atoms with Gasteiger partial charge >= 0.3 is 0 Å². The molecule has 0 bridgehead atoms. The predicted molar refractivity (Wildman–Crippen MR) is 51.9 cm³/mol. The molecule has 1 aromatic heterocycles. The molecular formula is C9H14ClNO2. The number of rotatable bonds is 1. The summed E-state index contributed by atoms with van der Waals surface area (Å²) in [5.74, 6) is 0.840. The van der Waals surface area contributed by atoms with Crippen LogP contribution < -0.4 is 5.32 Å². The van der Waals surface area contributed by atoms with Gasteiger partial charge in [0, 0.05) is 6.04 Å². The summed E-state index contributed by atoms with van der Waals surface area (Å²) in [6, 6.07) is 4.18. The highest BCUT2D eigenvalue weighted by Crippen LogP contribution is 2.27. The molecule has 2 heterocycles. The van der Waals surface area contributed by atoms with Crippen LogP contribution in [-0.2, 0) is 10.5 Å². The maximum absolute atomic E-state index is 5.59. The third kappa shape index (κ3) is 1.88. The first-order chi connectivity index (χ1) is 5.71. The van der Waals surface area contributed by atoms with Gasteiger partial charge < -0.3 is 9.15 Å². The number of ether oxygens (including phenoxy) is 1. The van der Waals surface area contributed by atoms with Gasteiger partial charge in [0.15, 0.2) is 5.72 Å². The summed E-state index contributed by atoms with van der Waals surface area (Å²) < 4.78 is 10.9. The minimum atomic E-state index is -0.428. The van der Waals surface area contributed by atoms with Gasteiger partial charge in [-0.15, -0.1) is 12.4 Å². The van der Waals surface area contributed by atoms with Crippen LogP contribution in [0.5, 0.6) is 0 Å². The fraction of sp³-hybridized carbons (Fsp3) is 0.556. The van der Waals surface area contributed by atoms with Crippen LogP contribution in [0.25, 0.3) is 0 Å². The topological polar surface area (TPSA) is 34.4 Å². The number of halogens is 1. The van der Waals surface area contributed by atoms with Crippen LogP contribution in [0.1, 0.15) is 19.6 Å². The summed E-state index contributed by atoms with van der Waals surface area (Å²) in [5.41, 5.74) is -0.428. The Bertz CT molecular complexity index is 263. The first kappa shape index (κ1) is 10.6. The van der Waals surface area contributed by atoms with E-state index in [0.29, 0.717) is 6.04 Å². The molecule has 4 heteroatoms. The molecule has 0 saturated carbocycles. The van der Waals surface area contributed by atoms with Crippen LogP contribution >= 0.6 is 12.4 Å². The van der Waals surface area contributed by atoms with Gasteiger partial charge in [-0.05, 0) is 26.0 Å². The highest BCUT2D eigenvalue weighted by Gasteiger charge is 2.37. The molecule has 0 aliphatic carbocycles. The third-order valence-electron chi connectivity index (χ3n) is 2.14. The van der Waals surface area contributed by atoms with Gasteiger partial charge in [0.25, 0.3) is 0 Å². The fourth-order valence-electron chi connectivity index (χ4n) is 1.54. The largest absolute Gasteiger partial charge is 0.465 e.